The summed E-state index contributed by atoms with van der Waals surface area (Å²) >= 11 is 0. The average molecular weight is 384 g/mol. The van der Waals surface area contributed by atoms with E-state index in [9.17, 15) is 8.42 Å². The summed E-state index contributed by atoms with van der Waals surface area (Å²) in [6.45, 7) is 2.50. The molecule has 7 nitrogen and oxygen atoms in total. The van der Waals surface area contributed by atoms with Gasteiger partial charge in [-0.05, 0) is 12.8 Å². The topological polar surface area (TPSA) is 119 Å². The van der Waals surface area contributed by atoms with Crippen LogP contribution in [-0.4, -0.2) is 50.0 Å². The first-order valence-electron chi connectivity index (χ1n) is 9.50. The van der Waals surface area contributed by atoms with Gasteiger partial charge in [0.15, 0.2) is 0 Å². The molecule has 0 aromatic carbocycles. The molecule has 8 heteroatoms. The second-order valence-corrected chi connectivity index (χ2v) is 7.54. The summed E-state index contributed by atoms with van der Waals surface area (Å²) in [4.78, 5) is 0. The number of ether oxygens (including phenoxy) is 1. The van der Waals surface area contributed by atoms with E-state index in [-0.39, 0.29) is 19.6 Å². The van der Waals surface area contributed by atoms with Crippen molar-refractivity contribution in [3.8, 4) is 0 Å². The lowest BCUT2D eigenvalue weighted by atomic mass is 10.1. The van der Waals surface area contributed by atoms with Gasteiger partial charge in [-0.15, -0.1) is 0 Å². The van der Waals surface area contributed by atoms with E-state index in [0.717, 1.165) is 12.8 Å². The van der Waals surface area contributed by atoms with Crippen molar-refractivity contribution >= 4 is 10.4 Å². The van der Waals surface area contributed by atoms with Gasteiger partial charge in [0.25, 0.3) is 0 Å². The Bertz CT molecular complexity index is 391. The summed E-state index contributed by atoms with van der Waals surface area (Å²) in [5.41, 5.74) is 5.73. The molecule has 0 bridgehead atoms. The molecule has 0 radical (unpaired) electrons. The van der Waals surface area contributed by atoms with Gasteiger partial charge in [0.1, 0.15) is 6.10 Å². The first-order valence-corrected chi connectivity index (χ1v) is 10.9. The van der Waals surface area contributed by atoms with Gasteiger partial charge in [0, 0.05) is 19.3 Å². The van der Waals surface area contributed by atoms with Gasteiger partial charge in [-0.3, -0.25) is 4.55 Å². The number of hydrogen-bond donors (Lipinski definition) is 3. The summed E-state index contributed by atoms with van der Waals surface area (Å²) < 4.78 is 40.4. The molecule has 0 aliphatic rings. The molecule has 2 unspecified atom stereocenters. The lowest BCUT2D eigenvalue weighted by Crippen LogP contribution is -2.42. The summed E-state index contributed by atoms with van der Waals surface area (Å²) in [7, 11) is -4.59. The van der Waals surface area contributed by atoms with E-state index in [1.807, 2.05) is 0 Å². The summed E-state index contributed by atoms with van der Waals surface area (Å²) in [5.74, 6) is 0. The third-order valence-corrected chi connectivity index (χ3v) is 4.60. The number of nitrogens with two attached hydrogens (primary N) is 1. The van der Waals surface area contributed by atoms with Crippen LogP contribution in [0.2, 0.25) is 0 Å². The molecule has 0 aliphatic carbocycles. The highest BCUT2D eigenvalue weighted by Gasteiger charge is 2.24. The Labute approximate surface area is 153 Å². The Morgan fingerprint density at radius 3 is 1.96 bits per heavy atom. The van der Waals surface area contributed by atoms with Gasteiger partial charge in [0.05, 0.1) is 6.61 Å². The Kier molecular flexibility index (Phi) is 15.8. The fourth-order valence-electron chi connectivity index (χ4n) is 2.60. The van der Waals surface area contributed by atoms with E-state index >= 15 is 0 Å². The molecule has 0 saturated heterocycles. The standard InChI is InChI=1S/C17H37NO6S/c1-2-3-4-5-6-7-8-9-10-11-14-23-15-17(16(18)12-13-19)24-25(20,21)22/h16-17,19H,2-15,18H2,1H3,(H,20,21,22). The largest absolute Gasteiger partial charge is 0.397 e. The molecule has 0 rings (SSSR count). The summed E-state index contributed by atoms with van der Waals surface area (Å²) in [5, 5.41) is 8.87. The van der Waals surface area contributed by atoms with Gasteiger partial charge in [-0.2, -0.15) is 8.42 Å². The molecule has 0 heterocycles. The van der Waals surface area contributed by atoms with Crippen LogP contribution in [0.4, 0.5) is 0 Å². The molecular weight excluding hydrogens is 346 g/mol. The van der Waals surface area contributed by atoms with Gasteiger partial charge in [0.2, 0.25) is 0 Å². The highest BCUT2D eigenvalue weighted by Crippen LogP contribution is 2.11. The van der Waals surface area contributed by atoms with Crippen LogP contribution in [0.15, 0.2) is 0 Å². The fourth-order valence-corrected chi connectivity index (χ4v) is 3.12. The van der Waals surface area contributed by atoms with E-state index in [4.69, 9.17) is 20.1 Å². The van der Waals surface area contributed by atoms with E-state index < -0.39 is 22.5 Å². The fraction of sp³-hybridized carbons (Fsp3) is 1.00. The Morgan fingerprint density at radius 1 is 0.960 bits per heavy atom. The van der Waals surface area contributed by atoms with Crippen LogP contribution < -0.4 is 5.73 Å². The van der Waals surface area contributed by atoms with Crippen molar-refractivity contribution in [1.82, 2.24) is 0 Å². The summed E-state index contributed by atoms with van der Waals surface area (Å²) in [6.07, 6.45) is 11.4. The van der Waals surface area contributed by atoms with Gasteiger partial charge in [-0.25, -0.2) is 4.18 Å². The zero-order chi connectivity index (χ0) is 19.0. The van der Waals surface area contributed by atoms with Crippen LogP contribution in [0.5, 0.6) is 0 Å². The quantitative estimate of drug-likeness (QED) is 0.246. The lowest BCUT2D eigenvalue weighted by molar-refractivity contribution is 0.0291. The number of hydrogen-bond acceptors (Lipinski definition) is 6. The normalized spacial score (nSPS) is 14.6. The molecule has 0 fully saturated rings. The summed E-state index contributed by atoms with van der Waals surface area (Å²) in [6, 6.07) is -0.723. The second kappa shape index (κ2) is 16.0. The molecule has 152 valence electrons. The van der Waals surface area contributed by atoms with Crippen LogP contribution in [-0.2, 0) is 19.3 Å². The molecule has 0 aromatic rings. The van der Waals surface area contributed by atoms with Crippen molar-refractivity contribution in [2.24, 2.45) is 5.73 Å². The SMILES string of the molecule is CCCCCCCCCCCCOCC(OS(=O)(=O)O)C(N)CCO. The van der Waals surface area contributed by atoms with Gasteiger partial charge < -0.3 is 15.6 Å². The first-order chi connectivity index (χ1) is 11.9. The second-order valence-electron chi connectivity index (χ2n) is 6.50. The molecule has 0 saturated carbocycles. The van der Waals surface area contributed by atoms with Crippen molar-refractivity contribution in [3.05, 3.63) is 0 Å². The van der Waals surface area contributed by atoms with Crippen molar-refractivity contribution < 1.29 is 27.0 Å². The number of rotatable bonds is 18. The van der Waals surface area contributed by atoms with Crippen LogP contribution in [0, 0.1) is 0 Å². The highest BCUT2D eigenvalue weighted by molar-refractivity contribution is 7.80. The van der Waals surface area contributed by atoms with Crippen molar-refractivity contribution in [3.63, 3.8) is 0 Å². The van der Waals surface area contributed by atoms with Gasteiger partial charge >= 0.3 is 10.4 Å². The van der Waals surface area contributed by atoms with E-state index in [1.165, 1.54) is 51.4 Å². The van der Waals surface area contributed by atoms with Crippen molar-refractivity contribution in [1.29, 1.82) is 0 Å². The van der Waals surface area contributed by atoms with E-state index in [0.29, 0.717) is 6.61 Å². The number of unbranched alkanes of at least 4 members (excludes halogenated alkanes) is 9. The maximum atomic E-state index is 10.8. The average Bonchev–Trinajstić information content (AvgIpc) is 2.54. The van der Waals surface area contributed by atoms with Crippen LogP contribution in [0.1, 0.15) is 77.6 Å². The maximum Gasteiger partial charge on any atom is 0.397 e. The third-order valence-electron chi connectivity index (χ3n) is 4.11. The molecule has 0 spiro atoms. The molecule has 0 aromatic heterocycles. The van der Waals surface area contributed by atoms with Crippen molar-refractivity contribution in [2.45, 2.75) is 89.7 Å². The minimum Gasteiger partial charge on any atom is -0.396 e. The van der Waals surface area contributed by atoms with Crippen molar-refractivity contribution in [2.75, 3.05) is 19.8 Å². The Hall–Kier alpha value is -0.250. The molecule has 0 amide bonds. The molecule has 4 N–H and O–H groups in total. The zero-order valence-corrected chi connectivity index (χ0v) is 16.4. The molecule has 0 aliphatic heterocycles. The van der Waals surface area contributed by atoms with Crippen LogP contribution in [0.3, 0.4) is 0 Å². The lowest BCUT2D eigenvalue weighted by Gasteiger charge is -2.21. The molecule has 25 heavy (non-hydrogen) atoms. The predicted molar refractivity (Wildman–Crippen MR) is 98.8 cm³/mol. The Morgan fingerprint density at radius 2 is 1.48 bits per heavy atom. The monoisotopic (exact) mass is 383 g/mol. The first kappa shape index (κ1) is 24.8. The minimum absolute atomic E-state index is 0.0294. The predicted octanol–water partition coefficient (Wildman–Crippen LogP) is 2.82. The minimum atomic E-state index is -4.59. The van der Waals surface area contributed by atoms with Gasteiger partial charge in [-0.1, -0.05) is 64.7 Å². The smallest absolute Gasteiger partial charge is 0.396 e. The molecule has 2 atom stereocenters. The Balaban J connectivity index is 3.67. The van der Waals surface area contributed by atoms with E-state index in [1.54, 1.807) is 0 Å². The zero-order valence-electron chi connectivity index (χ0n) is 15.6. The number of aliphatic hydroxyl groups is 1. The molecular formula is C17H37NO6S. The van der Waals surface area contributed by atoms with Crippen LogP contribution in [0.25, 0.3) is 0 Å². The van der Waals surface area contributed by atoms with E-state index in [2.05, 4.69) is 11.1 Å². The van der Waals surface area contributed by atoms with Crippen LogP contribution >= 0.6 is 0 Å². The maximum absolute atomic E-state index is 10.8. The highest BCUT2D eigenvalue weighted by atomic mass is 32.3. The third kappa shape index (κ3) is 16.9. The number of aliphatic hydroxyl groups excluding tert-OH is 1.